The molecule has 5 nitrogen and oxygen atoms in total. The summed E-state index contributed by atoms with van der Waals surface area (Å²) in [4.78, 5) is 23.1. The third-order valence-corrected chi connectivity index (χ3v) is 3.37. The van der Waals surface area contributed by atoms with Gasteiger partial charge in [-0.15, -0.1) is 0 Å². The molecule has 0 aliphatic rings. The van der Waals surface area contributed by atoms with Crippen molar-refractivity contribution in [3.05, 3.63) is 65.2 Å². The van der Waals surface area contributed by atoms with E-state index in [4.69, 9.17) is 21.1 Å². The number of ether oxygens (including phenoxy) is 2. The zero-order chi connectivity index (χ0) is 17.2. The molecule has 0 unspecified atom stereocenters. The number of carbonyl (C=O) groups excluding carboxylic acids is 2. The number of hydrogen-bond donors (Lipinski definition) is 1. The SMILES string of the molecule is O=C(COC(=O)COc1ccccc1)NCCc1ccc(Cl)cc1. The molecule has 0 radical (unpaired) electrons. The highest BCUT2D eigenvalue weighted by molar-refractivity contribution is 6.30. The van der Waals surface area contributed by atoms with E-state index in [0.717, 1.165) is 5.56 Å². The molecule has 1 N–H and O–H groups in total. The average molecular weight is 348 g/mol. The quantitative estimate of drug-likeness (QED) is 0.745. The summed E-state index contributed by atoms with van der Waals surface area (Å²) in [5, 5.41) is 3.36. The van der Waals surface area contributed by atoms with E-state index in [9.17, 15) is 9.59 Å². The van der Waals surface area contributed by atoms with Gasteiger partial charge in [0.2, 0.25) is 0 Å². The zero-order valence-corrected chi connectivity index (χ0v) is 13.8. The second-order valence-corrected chi connectivity index (χ2v) is 5.43. The van der Waals surface area contributed by atoms with Crippen LogP contribution in [0.5, 0.6) is 5.75 Å². The summed E-state index contributed by atoms with van der Waals surface area (Å²) < 4.78 is 10.1. The van der Waals surface area contributed by atoms with Gasteiger partial charge in [-0.25, -0.2) is 4.79 Å². The lowest BCUT2D eigenvalue weighted by Crippen LogP contribution is -2.31. The Kier molecular flexibility index (Phi) is 7.11. The Labute approximate surface area is 145 Å². The largest absolute Gasteiger partial charge is 0.482 e. The van der Waals surface area contributed by atoms with E-state index in [1.165, 1.54) is 0 Å². The Morgan fingerprint density at radius 2 is 1.67 bits per heavy atom. The third kappa shape index (κ3) is 6.71. The first-order valence-corrected chi connectivity index (χ1v) is 7.86. The molecule has 6 heteroatoms. The highest BCUT2D eigenvalue weighted by atomic mass is 35.5. The Morgan fingerprint density at radius 3 is 2.38 bits per heavy atom. The first kappa shape index (κ1) is 17.8. The Balaban J connectivity index is 1.58. The van der Waals surface area contributed by atoms with Gasteiger partial charge in [0.05, 0.1) is 0 Å². The van der Waals surface area contributed by atoms with Gasteiger partial charge in [0.1, 0.15) is 5.75 Å². The van der Waals surface area contributed by atoms with Crippen LogP contribution in [0.15, 0.2) is 54.6 Å². The molecule has 2 rings (SSSR count). The van der Waals surface area contributed by atoms with Gasteiger partial charge >= 0.3 is 5.97 Å². The minimum atomic E-state index is -0.591. The highest BCUT2D eigenvalue weighted by Crippen LogP contribution is 2.09. The lowest BCUT2D eigenvalue weighted by atomic mass is 10.1. The number of rotatable bonds is 8. The third-order valence-electron chi connectivity index (χ3n) is 3.11. The Morgan fingerprint density at radius 1 is 0.958 bits per heavy atom. The maximum atomic E-state index is 11.6. The van der Waals surface area contributed by atoms with E-state index in [1.54, 1.807) is 36.4 Å². The van der Waals surface area contributed by atoms with Crippen LogP contribution in [0.2, 0.25) is 5.02 Å². The molecule has 0 aliphatic carbocycles. The van der Waals surface area contributed by atoms with Gasteiger partial charge in [-0.3, -0.25) is 4.79 Å². The van der Waals surface area contributed by atoms with E-state index in [-0.39, 0.29) is 19.1 Å². The van der Waals surface area contributed by atoms with Crippen LogP contribution in [0.25, 0.3) is 0 Å². The molecule has 0 aliphatic heterocycles. The van der Waals surface area contributed by atoms with Crippen LogP contribution in [-0.2, 0) is 20.7 Å². The van der Waals surface area contributed by atoms with Crippen molar-refractivity contribution in [2.24, 2.45) is 0 Å². The highest BCUT2D eigenvalue weighted by Gasteiger charge is 2.08. The van der Waals surface area contributed by atoms with Gasteiger partial charge in [0.25, 0.3) is 5.91 Å². The number of para-hydroxylation sites is 1. The molecular weight excluding hydrogens is 330 g/mol. The summed E-state index contributed by atoms with van der Waals surface area (Å²) >= 11 is 5.80. The van der Waals surface area contributed by atoms with Crippen LogP contribution in [-0.4, -0.2) is 31.6 Å². The molecule has 0 saturated carbocycles. The van der Waals surface area contributed by atoms with Gasteiger partial charge in [-0.05, 0) is 36.2 Å². The number of hydrogen-bond acceptors (Lipinski definition) is 4. The standard InChI is InChI=1S/C18H18ClNO4/c19-15-8-6-14(7-9-15)10-11-20-17(21)12-24-18(22)13-23-16-4-2-1-3-5-16/h1-9H,10-13H2,(H,20,21). The van der Waals surface area contributed by atoms with Crippen molar-refractivity contribution in [3.8, 4) is 5.75 Å². The van der Waals surface area contributed by atoms with Gasteiger partial charge in [-0.1, -0.05) is 41.9 Å². The van der Waals surface area contributed by atoms with Crippen molar-refractivity contribution in [1.82, 2.24) is 5.32 Å². The van der Waals surface area contributed by atoms with E-state index in [2.05, 4.69) is 5.32 Å². The van der Waals surface area contributed by atoms with E-state index in [1.807, 2.05) is 18.2 Å². The summed E-state index contributed by atoms with van der Waals surface area (Å²) in [6, 6.07) is 16.3. The van der Waals surface area contributed by atoms with Crippen molar-refractivity contribution in [1.29, 1.82) is 0 Å². The van der Waals surface area contributed by atoms with Crippen molar-refractivity contribution in [3.63, 3.8) is 0 Å². The molecule has 24 heavy (non-hydrogen) atoms. The van der Waals surface area contributed by atoms with Crippen molar-refractivity contribution >= 4 is 23.5 Å². The summed E-state index contributed by atoms with van der Waals surface area (Å²) in [7, 11) is 0. The topological polar surface area (TPSA) is 64.6 Å². The minimum absolute atomic E-state index is 0.234. The van der Waals surface area contributed by atoms with Crippen LogP contribution in [0, 0.1) is 0 Å². The lowest BCUT2D eigenvalue weighted by Gasteiger charge is -2.08. The van der Waals surface area contributed by atoms with E-state index >= 15 is 0 Å². The van der Waals surface area contributed by atoms with Gasteiger partial charge in [-0.2, -0.15) is 0 Å². The number of nitrogens with one attached hydrogen (secondary N) is 1. The van der Waals surface area contributed by atoms with Crippen LogP contribution in [0.4, 0.5) is 0 Å². The fourth-order valence-electron chi connectivity index (χ4n) is 1.90. The summed E-state index contributed by atoms with van der Waals surface area (Å²) in [5.41, 5.74) is 1.06. The predicted octanol–water partition coefficient (Wildman–Crippen LogP) is 2.62. The number of amides is 1. The van der Waals surface area contributed by atoms with Gasteiger partial charge in [0, 0.05) is 11.6 Å². The van der Waals surface area contributed by atoms with Crippen LogP contribution < -0.4 is 10.1 Å². The number of halogens is 1. The number of benzene rings is 2. The molecule has 0 bridgehead atoms. The van der Waals surface area contributed by atoms with Gasteiger partial charge in [0.15, 0.2) is 13.2 Å². The smallest absolute Gasteiger partial charge is 0.344 e. The Bertz CT molecular complexity index is 658. The summed E-state index contributed by atoms with van der Waals surface area (Å²) in [6.45, 7) is -0.0990. The molecule has 0 heterocycles. The molecule has 0 atom stereocenters. The van der Waals surface area contributed by atoms with Gasteiger partial charge < -0.3 is 14.8 Å². The monoisotopic (exact) mass is 347 g/mol. The number of carbonyl (C=O) groups is 2. The predicted molar refractivity (Wildman–Crippen MR) is 91.1 cm³/mol. The van der Waals surface area contributed by atoms with E-state index < -0.39 is 5.97 Å². The molecule has 0 aromatic heterocycles. The average Bonchev–Trinajstić information content (AvgIpc) is 2.61. The zero-order valence-electron chi connectivity index (χ0n) is 13.0. The molecule has 2 aromatic carbocycles. The second-order valence-electron chi connectivity index (χ2n) is 4.99. The van der Waals surface area contributed by atoms with Crippen molar-refractivity contribution in [2.45, 2.75) is 6.42 Å². The van der Waals surface area contributed by atoms with Crippen molar-refractivity contribution in [2.75, 3.05) is 19.8 Å². The molecule has 1 amide bonds. The first-order valence-electron chi connectivity index (χ1n) is 7.48. The summed E-state index contributed by atoms with van der Waals surface area (Å²) in [6.07, 6.45) is 0.675. The van der Waals surface area contributed by atoms with E-state index in [0.29, 0.717) is 23.7 Å². The fourth-order valence-corrected chi connectivity index (χ4v) is 2.02. The maximum Gasteiger partial charge on any atom is 0.344 e. The second kappa shape index (κ2) is 9.57. The number of esters is 1. The van der Waals surface area contributed by atoms with Crippen LogP contribution in [0.1, 0.15) is 5.56 Å². The molecule has 0 spiro atoms. The fraction of sp³-hybridized carbons (Fsp3) is 0.222. The molecule has 126 valence electrons. The first-order chi connectivity index (χ1) is 11.6. The normalized spacial score (nSPS) is 10.0. The van der Waals surface area contributed by atoms with Crippen molar-refractivity contribution < 1.29 is 19.1 Å². The van der Waals surface area contributed by atoms with Crippen LogP contribution in [0.3, 0.4) is 0 Å². The molecule has 2 aromatic rings. The molecule has 0 saturated heterocycles. The lowest BCUT2D eigenvalue weighted by molar-refractivity contribution is -0.150. The maximum absolute atomic E-state index is 11.6. The molecule has 0 fully saturated rings. The molecular formula is C18H18ClNO4. The van der Waals surface area contributed by atoms with Crippen LogP contribution >= 0.6 is 11.6 Å². The minimum Gasteiger partial charge on any atom is -0.482 e. The summed E-state index contributed by atoms with van der Waals surface area (Å²) in [5.74, 6) is -0.370. The Hall–Kier alpha value is -2.53.